The lowest BCUT2D eigenvalue weighted by atomic mass is 10.2. The molecule has 7 nitrogen and oxygen atoms in total. The van der Waals surface area contributed by atoms with E-state index in [0.29, 0.717) is 17.3 Å². The van der Waals surface area contributed by atoms with Crippen molar-refractivity contribution in [3.8, 4) is 0 Å². The van der Waals surface area contributed by atoms with Gasteiger partial charge in [-0.2, -0.15) is 0 Å². The molecule has 1 aliphatic carbocycles. The molecule has 1 amide bonds. The first-order valence-electron chi connectivity index (χ1n) is 8.40. The van der Waals surface area contributed by atoms with Crippen LogP contribution in [0.4, 0.5) is 0 Å². The first-order valence-corrected chi connectivity index (χ1v) is 10.2. The molecule has 1 unspecified atom stereocenters. The summed E-state index contributed by atoms with van der Waals surface area (Å²) < 4.78 is 24.8. The zero-order valence-corrected chi connectivity index (χ0v) is 14.5. The Balaban J connectivity index is 1.60. The fourth-order valence-electron chi connectivity index (χ4n) is 3.50. The zero-order valence-electron chi connectivity index (χ0n) is 13.7. The first kappa shape index (κ1) is 16.3. The maximum absolute atomic E-state index is 12.8. The lowest BCUT2D eigenvalue weighted by molar-refractivity contribution is -0.134. The Morgan fingerprint density at radius 3 is 2.64 bits per heavy atom. The van der Waals surface area contributed by atoms with Gasteiger partial charge in [0.15, 0.2) is 9.84 Å². The molecule has 25 heavy (non-hydrogen) atoms. The molecule has 0 N–H and O–H groups in total. The van der Waals surface area contributed by atoms with Crippen LogP contribution in [-0.4, -0.2) is 52.4 Å². The van der Waals surface area contributed by atoms with Crippen LogP contribution in [0.2, 0.25) is 0 Å². The highest BCUT2D eigenvalue weighted by Crippen LogP contribution is 2.32. The van der Waals surface area contributed by atoms with Gasteiger partial charge in [-0.3, -0.25) is 14.2 Å². The predicted molar refractivity (Wildman–Crippen MR) is 92.9 cm³/mol. The van der Waals surface area contributed by atoms with Gasteiger partial charge >= 0.3 is 0 Å². The van der Waals surface area contributed by atoms with Gasteiger partial charge in [0.05, 0.1) is 28.7 Å². The molecule has 1 aromatic carbocycles. The van der Waals surface area contributed by atoms with Crippen LogP contribution < -0.4 is 5.56 Å². The number of benzene rings is 1. The predicted octanol–water partition coefficient (Wildman–Crippen LogP) is 0.575. The molecular weight excluding hydrogens is 342 g/mol. The van der Waals surface area contributed by atoms with E-state index in [9.17, 15) is 18.0 Å². The zero-order chi connectivity index (χ0) is 17.6. The SMILES string of the molecule is O=C(Cn1cnc2ccccc2c1=O)N(C1CC1)C1CCS(=O)(=O)C1. The number of amides is 1. The molecule has 1 saturated heterocycles. The Bertz CT molecular complexity index is 994. The number of para-hydroxylation sites is 1. The number of sulfone groups is 1. The van der Waals surface area contributed by atoms with E-state index >= 15 is 0 Å². The molecule has 1 atom stereocenters. The molecule has 2 aromatic rings. The molecule has 1 aromatic heterocycles. The van der Waals surface area contributed by atoms with Crippen molar-refractivity contribution in [2.45, 2.75) is 37.9 Å². The number of carbonyl (C=O) groups excluding carboxylic acids is 1. The van der Waals surface area contributed by atoms with E-state index in [4.69, 9.17) is 0 Å². The third kappa shape index (κ3) is 3.18. The Kier molecular flexibility index (Phi) is 3.87. The minimum atomic E-state index is -3.06. The third-order valence-corrected chi connectivity index (χ3v) is 6.62. The molecule has 0 spiro atoms. The van der Waals surface area contributed by atoms with Gasteiger partial charge in [0.1, 0.15) is 6.54 Å². The van der Waals surface area contributed by atoms with Crippen LogP contribution in [0.25, 0.3) is 10.9 Å². The van der Waals surface area contributed by atoms with Gasteiger partial charge in [0, 0.05) is 12.1 Å². The van der Waals surface area contributed by atoms with Gasteiger partial charge in [-0.05, 0) is 31.4 Å². The van der Waals surface area contributed by atoms with E-state index in [0.717, 1.165) is 12.8 Å². The number of rotatable bonds is 4. The third-order valence-electron chi connectivity index (χ3n) is 4.87. The molecule has 0 radical (unpaired) electrons. The van der Waals surface area contributed by atoms with Gasteiger partial charge in [0.2, 0.25) is 5.91 Å². The van der Waals surface area contributed by atoms with Gasteiger partial charge < -0.3 is 4.90 Å². The fraction of sp³-hybridized carbons (Fsp3) is 0.471. The van der Waals surface area contributed by atoms with Crippen LogP contribution in [0.1, 0.15) is 19.3 Å². The maximum Gasteiger partial charge on any atom is 0.261 e. The summed E-state index contributed by atoms with van der Waals surface area (Å²) in [6.45, 7) is -0.107. The lowest BCUT2D eigenvalue weighted by Crippen LogP contribution is -2.45. The van der Waals surface area contributed by atoms with Crippen molar-refractivity contribution in [2.24, 2.45) is 0 Å². The summed E-state index contributed by atoms with van der Waals surface area (Å²) >= 11 is 0. The standard InChI is InChI=1S/C17H19N3O4S/c21-16(20(12-5-6-12)13-7-8-25(23,24)10-13)9-19-11-18-15-4-2-1-3-14(15)17(19)22/h1-4,11-13H,5-10H2. The molecular formula is C17H19N3O4S. The topological polar surface area (TPSA) is 89.3 Å². The number of carbonyl (C=O) groups is 1. The van der Waals surface area contributed by atoms with E-state index in [1.54, 1.807) is 29.2 Å². The number of aromatic nitrogens is 2. The monoisotopic (exact) mass is 361 g/mol. The van der Waals surface area contributed by atoms with E-state index in [-0.39, 0.29) is 41.6 Å². The average molecular weight is 361 g/mol. The van der Waals surface area contributed by atoms with Crippen molar-refractivity contribution in [1.82, 2.24) is 14.5 Å². The highest BCUT2D eigenvalue weighted by atomic mass is 32.2. The van der Waals surface area contributed by atoms with Gasteiger partial charge in [-0.25, -0.2) is 13.4 Å². The number of fused-ring (bicyclic) bond motifs is 1. The Morgan fingerprint density at radius 1 is 1.20 bits per heavy atom. The van der Waals surface area contributed by atoms with Gasteiger partial charge in [0.25, 0.3) is 5.56 Å². The number of hydrogen-bond acceptors (Lipinski definition) is 5. The van der Waals surface area contributed by atoms with E-state index in [1.807, 2.05) is 0 Å². The Morgan fingerprint density at radius 2 is 1.96 bits per heavy atom. The second-order valence-electron chi connectivity index (χ2n) is 6.78. The van der Waals surface area contributed by atoms with Crippen molar-refractivity contribution in [3.05, 3.63) is 40.9 Å². The van der Waals surface area contributed by atoms with Crippen molar-refractivity contribution < 1.29 is 13.2 Å². The first-order chi connectivity index (χ1) is 11.9. The van der Waals surface area contributed by atoms with Crippen LogP contribution in [0, 0.1) is 0 Å². The van der Waals surface area contributed by atoms with E-state index in [2.05, 4.69) is 4.98 Å². The molecule has 1 aliphatic heterocycles. The maximum atomic E-state index is 12.8. The Hall–Kier alpha value is -2.22. The molecule has 8 heteroatoms. The number of hydrogen-bond donors (Lipinski definition) is 0. The minimum Gasteiger partial charge on any atom is -0.334 e. The molecule has 132 valence electrons. The van der Waals surface area contributed by atoms with Gasteiger partial charge in [-0.1, -0.05) is 12.1 Å². The van der Waals surface area contributed by atoms with E-state index in [1.165, 1.54) is 10.9 Å². The molecule has 2 fully saturated rings. The Labute approximate surface area is 145 Å². The molecule has 4 rings (SSSR count). The summed E-state index contributed by atoms with van der Waals surface area (Å²) in [5, 5.41) is 0.471. The number of nitrogens with zero attached hydrogens (tertiary/aromatic N) is 3. The van der Waals surface area contributed by atoms with Gasteiger partial charge in [-0.15, -0.1) is 0 Å². The molecule has 2 aliphatic rings. The van der Waals surface area contributed by atoms with Crippen LogP contribution in [0.3, 0.4) is 0 Å². The molecule has 2 heterocycles. The summed E-state index contributed by atoms with van der Waals surface area (Å²) in [6, 6.07) is 6.84. The summed E-state index contributed by atoms with van der Waals surface area (Å²) in [4.78, 5) is 31.3. The van der Waals surface area contributed by atoms with Crippen LogP contribution >= 0.6 is 0 Å². The average Bonchev–Trinajstić information content (AvgIpc) is 3.34. The second kappa shape index (κ2) is 5.94. The van der Waals surface area contributed by atoms with Crippen molar-refractivity contribution in [1.29, 1.82) is 0 Å². The van der Waals surface area contributed by atoms with Crippen LogP contribution in [0.15, 0.2) is 35.4 Å². The summed E-state index contributed by atoms with van der Waals surface area (Å²) in [5.74, 6) is -0.0463. The normalized spacial score (nSPS) is 22.2. The lowest BCUT2D eigenvalue weighted by Gasteiger charge is -2.28. The highest BCUT2D eigenvalue weighted by Gasteiger charge is 2.42. The fourth-order valence-corrected chi connectivity index (χ4v) is 5.21. The smallest absolute Gasteiger partial charge is 0.261 e. The van der Waals surface area contributed by atoms with Crippen molar-refractivity contribution in [2.75, 3.05) is 11.5 Å². The van der Waals surface area contributed by atoms with Crippen molar-refractivity contribution in [3.63, 3.8) is 0 Å². The summed E-state index contributed by atoms with van der Waals surface area (Å²) in [6.07, 6.45) is 3.66. The van der Waals surface area contributed by atoms with Crippen LogP contribution in [-0.2, 0) is 21.2 Å². The largest absolute Gasteiger partial charge is 0.334 e. The molecule has 1 saturated carbocycles. The van der Waals surface area contributed by atoms with Crippen molar-refractivity contribution >= 4 is 26.6 Å². The quantitative estimate of drug-likeness (QED) is 0.794. The van der Waals surface area contributed by atoms with Crippen LogP contribution in [0.5, 0.6) is 0 Å². The summed E-state index contributed by atoms with van der Waals surface area (Å²) in [7, 11) is -3.06. The molecule has 0 bridgehead atoms. The highest BCUT2D eigenvalue weighted by molar-refractivity contribution is 7.91. The summed E-state index contributed by atoms with van der Waals surface area (Å²) in [5.41, 5.74) is 0.339. The van der Waals surface area contributed by atoms with E-state index < -0.39 is 9.84 Å². The second-order valence-corrected chi connectivity index (χ2v) is 9.01. The minimum absolute atomic E-state index is 0.0279.